The molecule has 1 aromatic rings. The molecule has 12 heavy (non-hydrogen) atoms. The molecule has 0 aliphatic carbocycles. The molecule has 0 amide bonds. The summed E-state index contributed by atoms with van der Waals surface area (Å²) in [5.41, 5.74) is -0.402. The molecule has 0 heterocycles. The lowest BCUT2D eigenvalue weighted by Crippen LogP contribution is -1.93. The lowest BCUT2D eigenvalue weighted by Gasteiger charge is -2.08. The molecule has 0 aromatic heterocycles. The number of aliphatic hydroxyl groups is 1. The van der Waals surface area contributed by atoms with E-state index in [1.165, 1.54) is 11.8 Å². The van der Waals surface area contributed by atoms with Crippen molar-refractivity contribution in [3.8, 4) is 5.75 Å². The molecule has 1 atom stereocenters. The van der Waals surface area contributed by atoms with E-state index in [0.717, 1.165) is 10.6 Å². The first-order valence-electron chi connectivity index (χ1n) is 3.72. The Bertz CT molecular complexity index is 248. The number of methoxy groups -OCH3 is 1. The normalized spacial score (nSPS) is 12.6. The largest absolute Gasteiger partial charge is 0.496 e. The third-order valence-electron chi connectivity index (χ3n) is 1.37. The van der Waals surface area contributed by atoms with Crippen molar-refractivity contribution >= 4 is 11.8 Å². The predicted octanol–water partition coefficient (Wildman–Crippen LogP) is 2.13. The quantitative estimate of drug-likeness (QED) is 0.576. The van der Waals surface area contributed by atoms with Crippen molar-refractivity contribution in [2.75, 3.05) is 7.11 Å². The molecule has 0 radical (unpaired) electrons. The summed E-state index contributed by atoms with van der Waals surface area (Å²) < 4.78 is 5.11. The van der Waals surface area contributed by atoms with Gasteiger partial charge in [0.15, 0.2) is 0 Å². The molecule has 0 spiro atoms. The molecule has 66 valence electrons. The van der Waals surface area contributed by atoms with Crippen LogP contribution in [0.5, 0.6) is 5.75 Å². The highest BCUT2D eigenvalue weighted by atomic mass is 32.2. The Balaban J connectivity index is 2.82. The standard InChI is InChI=1S/C9H12O2S/c1-7(10)12-9-6-4-3-5-8(9)11-2/h3-7,10H,1-2H3. The molecule has 1 N–H and O–H groups in total. The number of benzene rings is 1. The van der Waals surface area contributed by atoms with Crippen molar-refractivity contribution in [1.29, 1.82) is 0 Å². The molecule has 0 saturated heterocycles. The molecule has 3 heteroatoms. The number of rotatable bonds is 3. The van der Waals surface area contributed by atoms with Crippen LogP contribution >= 0.6 is 11.8 Å². The second-order valence-electron chi connectivity index (χ2n) is 2.37. The fraction of sp³-hybridized carbons (Fsp3) is 0.333. The van der Waals surface area contributed by atoms with Crippen molar-refractivity contribution in [3.63, 3.8) is 0 Å². The summed E-state index contributed by atoms with van der Waals surface area (Å²) in [5, 5.41) is 9.13. The zero-order valence-electron chi connectivity index (χ0n) is 7.15. The van der Waals surface area contributed by atoms with Gasteiger partial charge in [-0.15, -0.1) is 0 Å². The van der Waals surface area contributed by atoms with Crippen LogP contribution in [-0.4, -0.2) is 17.7 Å². The van der Waals surface area contributed by atoms with Crippen LogP contribution in [0.2, 0.25) is 0 Å². The number of aliphatic hydroxyl groups excluding tert-OH is 1. The van der Waals surface area contributed by atoms with Crippen molar-refractivity contribution in [2.24, 2.45) is 0 Å². The van der Waals surface area contributed by atoms with E-state index in [1.807, 2.05) is 24.3 Å². The fourth-order valence-corrected chi connectivity index (χ4v) is 1.69. The molecule has 1 aromatic carbocycles. The van der Waals surface area contributed by atoms with Gasteiger partial charge in [0.05, 0.1) is 12.0 Å². The van der Waals surface area contributed by atoms with E-state index in [9.17, 15) is 0 Å². The summed E-state index contributed by atoms with van der Waals surface area (Å²) >= 11 is 1.38. The first-order chi connectivity index (χ1) is 5.74. The van der Waals surface area contributed by atoms with Crippen LogP contribution in [0.4, 0.5) is 0 Å². The minimum Gasteiger partial charge on any atom is -0.496 e. The van der Waals surface area contributed by atoms with Crippen molar-refractivity contribution in [1.82, 2.24) is 0 Å². The van der Waals surface area contributed by atoms with E-state index in [1.54, 1.807) is 14.0 Å². The van der Waals surface area contributed by atoms with E-state index in [2.05, 4.69) is 0 Å². The van der Waals surface area contributed by atoms with Crippen LogP contribution in [0.15, 0.2) is 29.2 Å². The van der Waals surface area contributed by atoms with E-state index >= 15 is 0 Å². The number of thioether (sulfide) groups is 1. The Hall–Kier alpha value is -0.670. The van der Waals surface area contributed by atoms with Crippen LogP contribution in [0.1, 0.15) is 6.92 Å². The second-order valence-corrected chi connectivity index (χ2v) is 3.73. The zero-order valence-corrected chi connectivity index (χ0v) is 7.97. The average Bonchev–Trinajstić information content (AvgIpc) is 2.04. The van der Waals surface area contributed by atoms with Gasteiger partial charge in [-0.05, 0) is 19.1 Å². The molecular weight excluding hydrogens is 172 g/mol. The number of ether oxygens (including phenoxy) is 1. The van der Waals surface area contributed by atoms with Crippen molar-refractivity contribution in [3.05, 3.63) is 24.3 Å². The third-order valence-corrected chi connectivity index (χ3v) is 2.30. The van der Waals surface area contributed by atoms with Gasteiger partial charge in [-0.3, -0.25) is 0 Å². The summed E-state index contributed by atoms with van der Waals surface area (Å²) in [5.74, 6) is 0.809. The Morgan fingerprint density at radius 2 is 2.08 bits per heavy atom. The van der Waals surface area contributed by atoms with Crippen LogP contribution in [0.25, 0.3) is 0 Å². The van der Waals surface area contributed by atoms with Gasteiger partial charge >= 0.3 is 0 Å². The van der Waals surface area contributed by atoms with Crippen molar-refractivity contribution < 1.29 is 9.84 Å². The van der Waals surface area contributed by atoms with Gasteiger partial charge < -0.3 is 9.84 Å². The van der Waals surface area contributed by atoms with Gasteiger partial charge in [0.1, 0.15) is 11.2 Å². The molecule has 0 bridgehead atoms. The first-order valence-corrected chi connectivity index (χ1v) is 4.59. The third kappa shape index (κ3) is 2.43. The summed E-state index contributed by atoms with van der Waals surface area (Å²) in [6, 6.07) is 7.64. The molecule has 1 unspecified atom stereocenters. The molecule has 2 nitrogen and oxygen atoms in total. The van der Waals surface area contributed by atoms with Crippen molar-refractivity contribution in [2.45, 2.75) is 17.3 Å². The Kier molecular flexibility index (Phi) is 3.44. The van der Waals surface area contributed by atoms with Gasteiger partial charge in [-0.1, -0.05) is 23.9 Å². The molecule has 0 aliphatic rings. The maximum Gasteiger partial charge on any atom is 0.132 e. The minimum absolute atomic E-state index is 0.402. The van der Waals surface area contributed by atoms with Gasteiger partial charge in [-0.2, -0.15) is 0 Å². The predicted molar refractivity (Wildman–Crippen MR) is 50.5 cm³/mol. The first kappa shape index (κ1) is 9.42. The molecule has 0 fully saturated rings. The van der Waals surface area contributed by atoms with Crippen LogP contribution in [-0.2, 0) is 0 Å². The van der Waals surface area contributed by atoms with E-state index in [4.69, 9.17) is 9.84 Å². The Morgan fingerprint density at radius 3 is 2.67 bits per heavy atom. The highest BCUT2D eigenvalue weighted by molar-refractivity contribution is 7.99. The number of hydrogen-bond donors (Lipinski definition) is 1. The van der Waals surface area contributed by atoms with Gasteiger partial charge in [-0.25, -0.2) is 0 Å². The fourth-order valence-electron chi connectivity index (χ4n) is 0.900. The Labute approximate surface area is 76.6 Å². The molecule has 1 rings (SSSR count). The molecular formula is C9H12O2S. The Morgan fingerprint density at radius 1 is 1.42 bits per heavy atom. The van der Waals surface area contributed by atoms with Gasteiger partial charge in [0.2, 0.25) is 0 Å². The topological polar surface area (TPSA) is 29.5 Å². The summed E-state index contributed by atoms with van der Waals surface area (Å²) in [7, 11) is 1.63. The summed E-state index contributed by atoms with van der Waals surface area (Å²) in [4.78, 5) is 0.968. The zero-order chi connectivity index (χ0) is 8.97. The highest BCUT2D eigenvalue weighted by Crippen LogP contribution is 2.30. The summed E-state index contributed by atoms with van der Waals surface area (Å²) in [6.45, 7) is 1.73. The van der Waals surface area contributed by atoms with Crippen LogP contribution < -0.4 is 4.74 Å². The SMILES string of the molecule is COc1ccccc1SC(C)O. The van der Waals surface area contributed by atoms with E-state index < -0.39 is 5.44 Å². The minimum atomic E-state index is -0.402. The number of hydrogen-bond acceptors (Lipinski definition) is 3. The van der Waals surface area contributed by atoms with Crippen LogP contribution in [0, 0.1) is 0 Å². The lowest BCUT2D eigenvalue weighted by molar-refractivity contribution is 0.283. The maximum atomic E-state index is 9.13. The van der Waals surface area contributed by atoms with E-state index in [-0.39, 0.29) is 0 Å². The lowest BCUT2D eigenvalue weighted by atomic mass is 10.3. The van der Waals surface area contributed by atoms with E-state index in [0.29, 0.717) is 0 Å². The average molecular weight is 184 g/mol. The number of para-hydroxylation sites is 1. The van der Waals surface area contributed by atoms with Gasteiger partial charge in [0.25, 0.3) is 0 Å². The smallest absolute Gasteiger partial charge is 0.132 e. The molecule has 0 saturated carbocycles. The van der Waals surface area contributed by atoms with Crippen LogP contribution in [0.3, 0.4) is 0 Å². The van der Waals surface area contributed by atoms with Gasteiger partial charge in [0, 0.05) is 0 Å². The highest BCUT2D eigenvalue weighted by Gasteiger charge is 2.04. The summed E-state index contributed by atoms with van der Waals surface area (Å²) in [6.07, 6.45) is 0. The monoisotopic (exact) mass is 184 g/mol. The second kappa shape index (κ2) is 4.38. The maximum absolute atomic E-state index is 9.13. The molecule has 0 aliphatic heterocycles.